The van der Waals surface area contributed by atoms with Crippen LogP contribution in [0.15, 0.2) is 0 Å². The molecule has 1 aliphatic heterocycles. The summed E-state index contributed by atoms with van der Waals surface area (Å²) in [6, 6.07) is -0.773. The van der Waals surface area contributed by atoms with E-state index in [1.165, 1.54) is 0 Å². The molecule has 0 radical (unpaired) electrons. The second-order valence-electron chi connectivity index (χ2n) is 4.49. The highest BCUT2D eigenvalue weighted by Gasteiger charge is 2.41. The molecule has 1 fully saturated rings. The first-order valence-electron chi connectivity index (χ1n) is 5.63. The average Bonchev–Trinajstić information content (AvgIpc) is 2.40. The summed E-state index contributed by atoms with van der Waals surface area (Å²) in [5.74, 6) is -1.24. The van der Waals surface area contributed by atoms with Crippen molar-refractivity contribution >= 4 is 15.8 Å². The summed E-state index contributed by atoms with van der Waals surface area (Å²) in [5, 5.41) is 18.5. The second kappa shape index (κ2) is 5.32. The van der Waals surface area contributed by atoms with E-state index >= 15 is 0 Å². The van der Waals surface area contributed by atoms with E-state index < -0.39 is 28.0 Å². The molecule has 6 nitrogen and oxygen atoms in total. The van der Waals surface area contributed by atoms with Gasteiger partial charge in [0, 0.05) is 6.04 Å². The number of sulfone groups is 1. The van der Waals surface area contributed by atoms with Gasteiger partial charge in [-0.2, -0.15) is 0 Å². The molecular formula is C10H19NO5S. The molecule has 0 amide bonds. The van der Waals surface area contributed by atoms with E-state index in [9.17, 15) is 18.3 Å². The predicted molar refractivity (Wildman–Crippen MR) is 62.5 cm³/mol. The van der Waals surface area contributed by atoms with Crippen LogP contribution >= 0.6 is 0 Å². The van der Waals surface area contributed by atoms with Crippen LogP contribution in [-0.4, -0.2) is 65.7 Å². The summed E-state index contributed by atoms with van der Waals surface area (Å²) < 4.78 is 22.8. The van der Waals surface area contributed by atoms with Gasteiger partial charge in [-0.25, -0.2) is 8.42 Å². The Morgan fingerprint density at radius 2 is 2.06 bits per heavy atom. The van der Waals surface area contributed by atoms with Gasteiger partial charge in [0.05, 0.1) is 30.1 Å². The maximum absolute atomic E-state index is 11.4. The van der Waals surface area contributed by atoms with Crippen LogP contribution in [0.25, 0.3) is 0 Å². The van der Waals surface area contributed by atoms with Gasteiger partial charge in [-0.15, -0.1) is 0 Å². The fourth-order valence-electron chi connectivity index (χ4n) is 2.37. The zero-order valence-electron chi connectivity index (χ0n) is 10.0. The van der Waals surface area contributed by atoms with Gasteiger partial charge in [0.25, 0.3) is 0 Å². The van der Waals surface area contributed by atoms with Crippen LogP contribution in [0, 0.1) is 0 Å². The Labute approximate surface area is 101 Å². The standard InChI is InChI=1S/C10H19NO5S/c1-3-11(7(2)4-10(13)14)8-5-17(15,16)6-9(8)12/h7-9,12H,3-6H2,1-2H3,(H,13,14). The number of aliphatic carboxylic acids is 1. The van der Waals surface area contributed by atoms with E-state index in [1.807, 2.05) is 6.92 Å². The van der Waals surface area contributed by atoms with E-state index in [1.54, 1.807) is 11.8 Å². The summed E-state index contributed by atoms with van der Waals surface area (Å²) in [6.07, 6.45) is -0.979. The maximum Gasteiger partial charge on any atom is 0.304 e. The molecule has 0 aromatic heterocycles. The number of aliphatic hydroxyl groups excluding tert-OH is 1. The first-order chi connectivity index (χ1) is 7.76. The summed E-state index contributed by atoms with van der Waals surface area (Å²) in [5.41, 5.74) is 0. The van der Waals surface area contributed by atoms with E-state index in [4.69, 9.17) is 5.11 Å². The highest BCUT2D eigenvalue weighted by atomic mass is 32.2. The van der Waals surface area contributed by atoms with Crippen molar-refractivity contribution in [1.29, 1.82) is 0 Å². The minimum atomic E-state index is -3.20. The summed E-state index contributed by atoms with van der Waals surface area (Å²) in [4.78, 5) is 12.4. The molecule has 1 aliphatic rings. The predicted octanol–water partition coefficient (Wildman–Crippen LogP) is -0.671. The number of rotatable bonds is 5. The highest BCUT2D eigenvalue weighted by molar-refractivity contribution is 7.91. The molecule has 0 saturated carbocycles. The lowest BCUT2D eigenvalue weighted by atomic mass is 10.1. The second-order valence-corrected chi connectivity index (χ2v) is 6.64. The molecule has 1 saturated heterocycles. The number of hydrogen-bond donors (Lipinski definition) is 2. The third-order valence-corrected chi connectivity index (χ3v) is 4.82. The first-order valence-corrected chi connectivity index (χ1v) is 7.45. The maximum atomic E-state index is 11.4. The Hall–Kier alpha value is -0.660. The van der Waals surface area contributed by atoms with Crippen LogP contribution < -0.4 is 0 Å². The van der Waals surface area contributed by atoms with Gasteiger partial charge < -0.3 is 10.2 Å². The van der Waals surface area contributed by atoms with Crippen LogP contribution in [0.3, 0.4) is 0 Å². The Morgan fingerprint density at radius 3 is 2.41 bits per heavy atom. The van der Waals surface area contributed by atoms with Gasteiger partial charge in [0.15, 0.2) is 9.84 Å². The van der Waals surface area contributed by atoms with Crippen molar-refractivity contribution in [3.63, 3.8) is 0 Å². The van der Waals surface area contributed by atoms with E-state index in [2.05, 4.69) is 0 Å². The Balaban J connectivity index is 2.77. The van der Waals surface area contributed by atoms with E-state index in [-0.39, 0.29) is 24.0 Å². The summed E-state index contributed by atoms with van der Waals surface area (Å²) >= 11 is 0. The Bertz CT molecular complexity index is 380. The molecule has 0 aromatic carbocycles. The van der Waals surface area contributed by atoms with E-state index in [0.29, 0.717) is 6.54 Å². The molecule has 3 unspecified atom stereocenters. The molecule has 0 spiro atoms. The average molecular weight is 265 g/mol. The lowest BCUT2D eigenvalue weighted by molar-refractivity contribution is -0.138. The van der Waals surface area contributed by atoms with Crippen LogP contribution in [0.2, 0.25) is 0 Å². The first kappa shape index (κ1) is 14.4. The molecule has 100 valence electrons. The molecule has 0 aromatic rings. The van der Waals surface area contributed by atoms with Crippen molar-refractivity contribution in [1.82, 2.24) is 4.90 Å². The van der Waals surface area contributed by atoms with Crippen molar-refractivity contribution in [3.8, 4) is 0 Å². The lowest BCUT2D eigenvalue weighted by Crippen LogP contribution is -2.48. The quantitative estimate of drug-likeness (QED) is 0.684. The van der Waals surface area contributed by atoms with Crippen LogP contribution in [0.5, 0.6) is 0 Å². The minimum Gasteiger partial charge on any atom is -0.481 e. The number of carboxylic acid groups (broad SMARTS) is 1. The van der Waals surface area contributed by atoms with Crippen molar-refractivity contribution in [2.24, 2.45) is 0 Å². The molecule has 1 heterocycles. The molecule has 7 heteroatoms. The Kier molecular flexibility index (Phi) is 4.51. The van der Waals surface area contributed by atoms with Crippen molar-refractivity contribution < 1.29 is 23.4 Å². The summed E-state index contributed by atoms with van der Waals surface area (Å²) in [6.45, 7) is 4.08. The summed E-state index contributed by atoms with van der Waals surface area (Å²) in [7, 11) is -3.20. The Morgan fingerprint density at radius 1 is 1.47 bits per heavy atom. The number of hydrogen-bond acceptors (Lipinski definition) is 5. The van der Waals surface area contributed by atoms with Crippen LogP contribution in [-0.2, 0) is 14.6 Å². The molecule has 2 N–H and O–H groups in total. The van der Waals surface area contributed by atoms with Crippen LogP contribution in [0.4, 0.5) is 0 Å². The van der Waals surface area contributed by atoms with Gasteiger partial charge in [-0.1, -0.05) is 6.92 Å². The number of carbonyl (C=O) groups is 1. The number of nitrogens with zero attached hydrogens (tertiary/aromatic N) is 1. The number of likely N-dealkylation sites (N-methyl/N-ethyl adjacent to an activating group) is 1. The third kappa shape index (κ3) is 3.65. The minimum absolute atomic E-state index is 0.0584. The molecule has 17 heavy (non-hydrogen) atoms. The molecule has 0 aliphatic carbocycles. The van der Waals surface area contributed by atoms with Crippen LogP contribution in [0.1, 0.15) is 20.3 Å². The zero-order chi connectivity index (χ0) is 13.2. The fraction of sp³-hybridized carbons (Fsp3) is 0.900. The van der Waals surface area contributed by atoms with E-state index in [0.717, 1.165) is 0 Å². The monoisotopic (exact) mass is 265 g/mol. The highest BCUT2D eigenvalue weighted by Crippen LogP contribution is 2.21. The van der Waals surface area contributed by atoms with Gasteiger partial charge in [-0.05, 0) is 13.5 Å². The SMILES string of the molecule is CCN(C(C)CC(=O)O)C1CS(=O)(=O)CC1O. The molecule has 3 atom stereocenters. The van der Waals surface area contributed by atoms with Gasteiger partial charge in [0.2, 0.25) is 0 Å². The zero-order valence-corrected chi connectivity index (χ0v) is 10.9. The molecular weight excluding hydrogens is 246 g/mol. The number of carboxylic acids is 1. The molecule has 1 rings (SSSR count). The lowest BCUT2D eigenvalue weighted by Gasteiger charge is -2.33. The molecule has 0 bridgehead atoms. The van der Waals surface area contributed by atoms with Gasteiger partial charge >= 0.3 is 5.97 Å². The third-order valence-electron chi connectivity index (χ3n) is 3.12. The van der Waals surface area contributed by atoms with Gasteiger partial charge in [-0.3, -0.25) is 9.69 Å². The normalized spacial score (nSPS) is 29.4. The van der Waals surface area contributed by atoms with Gasteiger partial charge in [0.1, 0.15) is 0 Å². The van der Waals surface area contributed by atoms with Crippen molar-refractivity contribution in [3.05, 3.63) is 0 Å². The smallest absolute Gasteiger partial charge is 0.304 e. The topological polar surface area (TPSA) is 94.9 Å². The van der Waals surface area contributed by atoms with Crippen molar-refractivity contribution in [2.75, 3.05) is 18.1 Å². The largest absolute Gasteiger partial charge is 0.481 e. The fourth-order valence-corrected chi connectivity index (χ4v) is 4.18. The van der Waals surface area contributed by atoms with Crippen molar-refractivity contribution in [2.45, 2.75) is 38.5 Å². The number of aliphatic hydroxyl groups is 1.